The summed E-state index contributed by atoms with van der Waals surface area (Å²) in [5, 5.41) is 3.04. The number of nitrogen functional groups attached to an aromatic ring is 1. The molecule has 1 rings (SSSR count). The summed E-state index contributed by atoms with van der Waals surface area (Å²) in [7, 11) is 0. The summed E-state index contributed by atoms with van der Waals surface area (Å²) in [4.78, 5) is 10.2. The number of anilines is 2. The molecule has 0 unspecified atom stereocenters. The Morgan fingerprint density at radius 1 is 1.36 bits per heavy atom. The molecule has 0 atom stereocenters. The van der Waals surface area contributed by atoms with Crippen LogP contribution in [0.5, 0.6) is 0 Å². The topological polar surface area (TPSA) is 90.4 Å². The fourth-order valence-electron chi connectivity index (χ4n) is 0.948. The van der Waals surface area contributed by atoms with Crippen molar-refractivity contribution in [3.8, 4) is 0 Å². The highest BCUT2D eigenvalue weighted by atomic mass is 16.5. The first-order valence-electron chi connectivity index (χ1n) is 4.20. The van der Waals surface area contributed by atoms with Crippen LogP contribution >= 0.6 is 0 Å². The Bertz CT molecular complexity index is 297. The van der Waals surface area contributed by atoms with Crippen LogP contribution in [0.15, 0.2) is 24.3 Å². The first kappa shape index (κ1) is 10.2. The molecule has 14 heavy (non-hydrogen) atoms. The number of primary amides is 1. The third-order valence-corrected chi connectivity index (χ3v) is 1.59. The molecule has 0 aliphatic carbocycles. The summed E-state index contributed by atoms with van der Waals surface area (Å²) in [6.45, 7) is 0.770. The average Bonchev–Trinajstić information content (AvgIpc) is 2.15. The largest absolute Gasteiger partial charge is 0.448 e. The van der Waals surface area contributed by atoms with Gasteiger partial charge in [0, 0.05) is 17.9 Å². The number of hydrogen-bond donors (Lipinski definition) is 3. The summed E-state index contributed by atoms with van der Waals surface area (Å²) in [5.74, 6) is 0. The third-order valence-electron chi connectivity index (χ3n) is 1.59. The number of carbonyl (C=O) groups excluding carboxylic acids is 1. The number of nitrogens with one attached hydrogen (secondary N) is 1. The summed E-state index contributed by atoms with van der Waals surface area (Å²) >= 11 is 0. The minimum Gasteiger partial charge on any atom is -0.448 e. The summed E-state index contributed by atoms with van der Waals surface area (Å²) in [6, 6.07) is 7.27. The van der Waals surface area contributed by atoms with Crippen LogP contribution in [0.2, 0.25) is 0 Å². The van der Waals surface area contributed by atoms with Crippen LogP contribution in [-0.4, -0.2) is 19.2 Å². The van der Waals surface area contributed by atoms with Crippen molar-refractivity contribution in [3.63, 3.8) is 0 Å². The number of nitrogens with two attached hydrogens (primary N) is 2. The lowest BCUT2D eigenvalue weighted by atomic mass is 10.3. The van der Waals surface area contributed by atoms with Gasteiger partial charge >= 0.3 is 6.09 Å². The molecular weight excluding hydrogens is 182 g/mol. The molecule has 1 aromatic rings. The van der Waals surface area contributed by atoms with E-state index in [1.165, 1.54) is 0 Å². The number of hydrogen-bond acceptors (Lipinski definition) is 4. The van der Waals surface area contributed by atoms with E-state index in [1.807, 2.05) is 12.1 Å². The predicted molar refractivity (Wildman–Crippen MR) is 54.9 cm³/mol. The normalized spacial score (nSPS) is 9.43. The number of amides is 1. The van der Waals surface area contributed by atoms with Gasteiger partial charge in [-0.1, -0.05) is 0 Å². The second-order valence-corrected chi connectivity index (χ2v) is 2.72. The Morgan fingerprint density at radius 2 is 2.00 bits per heavy atom. The number of ether oxygens (including phenoxy) is 1. The second kappa shape index (κ2) is 4.96. The SMILES string of the molecule is NC(=O)OCCNc1ccc(N)cc1. The standard InChI is InChI=1S/C9H13N3O2/c10-7-1-3-8(4-2-7)12-5-6-14-9(11)13/h1-4,12H,5-6,10H2,(H2,11,13). The highest BCUT2D eigenvalue weighted by molar-refractivity contribution is 5.64. The van der Waals surface area contributed by atoms with Crippen LogP contribution in [0, 0.1) is 0 Å². The number of benzene rings is 1. The van der Waals surface area contributed by atoms with Gasteiger partial charge in [0.05, 0.1) is 0 Å². The Hall–Kier alpha value is -1.91. The predicted octanol–water partition coefficient (Wildman–Crippen LogP) is 0.776. The molecule has 0 bridgehead atoms. The van der Waals surface area contributed by atoms with Crippen molar-refractivity contribution in [1.29, 1.82) is 0 Å². The van der Waals surface area contributed by atoms with Crippen LogP contribution in [0.3, 0.4) is 0 Å². The lowest BCUT2D eigenvalue weighted by molar-refractivity contribution is 0.161. The highest BCUT2D eigenvalue weighted by Gasteiger charge is 1.93. The molecule has 5 heteroatoms. The minimum absolute atomic E-state index is 0.250. The lowest BCUT2D eigenvalue weighted by Gasteiger charge is -2.06. The van der Waals surface area contributed by atoms with Gasteiger partial charge < -0.3 is 21.5 Å². The highest BCUT2D eigenvalue weighted by Crippen LogP contribution is 2.09. The van der Waals surface area contributed by atoms with Gasteiger partial charge in [-0.15, -0.1) is 0 Å². The van der Waals surface area contributed by atoms with Gasteiger partial charge in [0.15, 0.2) is 0 Å². The van der Waals surface area contributed by atoms with Crippen LogP contribution in [-0.2, 0) is 4.74 Å². The van der Waals surface area contributed by atoms with Gasteiger partial charge in [-0.3, -0.25) is 0 Å². The molecule has 0 fully saturated rings. The van der Waals surface area contributed by atoms with E-state index in [4.69, 9.17) is 11.5 Å². The Kier molecular flexibility index (Phi) is 3.60. The Balaban J connectivity index is 2.25. The molecule has 1 aromatic carbocycles. The van der Waals surface area contributed by atoms with Crippen molar-refractivity contribution in [2.24, 2.45) is 5.73 Å². The Labute approximate surface area is 82.0 Å². The van der Waals surface area contributed by atoms with Crippen LogP contribution in [0.25, 0.3) is 0 Å². The molecule has 0 aliphatic rings. The molecule has 0 saturated carbocycles. The van der Waals surface area contributed by atoms with E-state index in [0.29, 0.717) is 12.2 Å². The average molecular weight is 195 g/mol. The van der Waals surface area contributed by atoms with E-state index in [9.17, 15) is 4.79 Å². The monoisotopic (exact) mass is 195 g/mol. The van der Waals surface area contributed by atoms with E-state index in [2.05, 4.69) is 10.1 Å². The summed E-state index contributed by atoms with van der Waals surface area (Å²) in [6.07, 6.45) is -0.760. The van der Waals surface area contributed by atoms with E-state index >= 15 is 0 Å². The molecule has 1 amide bonds. The molecule has 76 valence electrons. The zero-order valence-corrected chi connectivity index (χ0v) is 7.69. The van der Waals surface area contributed by atoms with Crippen LogP contribution in [0.1, 0.15) is 0 Å². The maximum absolute atomic E-state index is 10.2. The smallest absolute Gasteiger partial charge is 0.404 e. The molecule has 0 heterocycles. The molecule has 0 radical (unpaired) electrons. The molecular formula is C9H13N3O2. The van der Waals surface area contributed by atoms with Crippen molar-refractivity contribution in [3.05, 3.63) is 24.3 Å². The van der Waals surface area contributed by atoms with Crippen molar-refractivity contribution in [2.45, 2.75) is 0 Å². The van der Waals surface area contributed by atoms with Gasteiger partial charge in [0.1, 0.15) is 6.61 Å². The van der Waals surface area contributed by atoms with Crippen molar-refractivity contribution < 1.29 is 9.53 Å². The number of rotatable bonds is 4. The second-order valence-electron chi connectivity index (χ2n) is 2.72. The van der Waals surface area contributed by atoms with Gasteiger partial charge in [-0.25, -0.2) is 4.79 Å². The maximum Gasteiger partial charge on any atom is 0.404 e. The summed E-state index contributed by atoms with van der Waals surface area (Å²) < 4.78 is 4.54. The van der Waals surface area contributed by atoms with Gasteiger partial charge in [0.2, 0.25) is 0 Å². The van der Waals surface area contributed by atoms with Crippen molar-refractivity contribution in [1.82, 2.24) is 0 Å². The zero-order valence-electron chi connectivity index (χ0n) is 7.69. The maximum atomic E-state index is 10.2. The third kappa shape index (κ3) is 3.66. The van der Waals surface area contributed by atoms with E-state index in [0.717, 1.165) is 5.69 Å². The fourth-order valence-corrected chi connectivity index (χ4v) is 0.948. The first-order chi connectivity index (χ1) is 6.68. The molecule has 5 nitrogen and oxygen atoms in total. The molecule has 5 N–H and O–H groups in total. The fraction of sp³-hybridized carbons (Fsp3) is 0.222. The van der Waals surface area contributed by atoms with Crippen LogP contribution < -0.4 is 16.8 Å². The van der Waals surface area contributed by atoms with Crippen molar-refractivity contribution >= 4 is 17.5 Å². The minimum atomic E-state index is -0.760. The number of carbonyl (C=O) groups is 1. The van der Waals surface area contributed by atoms with Gasteiger partial charge in [-0.2, -0.15) is 0 Å². The van der Waals surface area contributed by atoms with E-state index < -0.39 is 6.09 Å². The molecule has 0 aliphatic heterocycles. The zero-order chi connectivity index (χ0) is 10.4. The van der Waals surface area contributed by atoms with E-state index in [1.54, 1.807) is 12.1 Å². The quantitative estimate of drug-likeness (QED) is 0.489. The van der Waals surface area contributed by atoms with Crippen molar-refractivity contribution in [2.75, 3.05) is 24.2 Å². The van der Waals surface area contributed by atoms with Gasteiger partial charge in [-0.05, 0) is 24.3 Å². The molecule has 0 aromatic heterocycles. The van der Waals surface area contributed by atoms with Crippen LogP contribution in [0.4, 0.5) is 16.2 Å². The van der Waals surface area contributed by atoms with Gasteiger partial charge in [0.25, 0.3) is 0 Å². The molecule has 0 saturated heterocycles. The van der Waals surface area contributed by atoms with E-state index in [-0.39, 0.29) is 6.61 Å². The lowest BCUT2D eigenvalue weighted by Crippen LogP contribution is -2.18. The summed E-state index contributed by atoms with van der Waals surface area (Å²) in [5.41, 5.74) is 11.9. The molecule has 0 spiro atoms. The Morgan fingerprint density at radius 3 is 2.57 bits per heavy atom. The first-order valence-corrected chi connectivity index (χ1v) is 4.20.